The summed E-state index contributed by atoms with van der Waals surface area (Å²) in [6.07, 6.45) is 17.3. The highest BCUT2D eigenvalue weighted by Gasteiger charge is 1.95. The lowest BCUT2D eigenvalue weighted by Crippen LogP contribution is -1.81. The Morgan fingerprint density at radius 3 is 2.92 bits per heavy atom. The maximum atomic E-state index is 2.26. The molecule has 0 radical (unpaired) electrons. The number of hydrogen-bond acceptors (Lipinski definition) is 0. The Morgan fingerprint density at radius 2 is 2.08 bits per heavy atom. The molecule has 0 amide bonds. The Bertz CT molecular complexity index is 194. The fourth-order valence-electron chi connectivity index (χ4n) is 1.41. The molecule has 0 spiro atoms. The van der Waals surface area contributed by atoms with Gasteiger partial charge in [0.05, 0.1) is 0 Å². The normalized spacial score (nSPS) is 15.9. The molecule has 1 rings (SSSR count). The van der Waals surface area contributed by atoms with Gasteiger partial charge >= 0.3 is 0 Å². The van der Waals surface area contributed by atoms with Crippen molar-refractivity contribution in [2.24, 2.45) is 0 Å². The van der Waals surface area contributed by atoms with Crippen LogP contribution in [0.15, 0.2) is 36.0 Å². The van der Waals surface area contributed by atoms with Crippen molar-refractivity contribution in [2.45, 2.75) is 39.0 Å². The van der Waals surface area contributed by atoms with Crippen molar-refractivity contribution in [3.8, 4) is 0 Å². The van der Waals surface area contributed by atoms with Crippen molar-refractivity contribution in [2.75, 3.05) is 0 Å². The van der Waals surface area contributed by atoms with E-state index in [1.807, 2.05) is 0 Å². The smallest absolute Gasteiger partial charge is 0.0133 e. The molecule has 66 valence electrons. The lowest BCUT2D eigenvalue weighted by Gasteiger charge is -2.01. The van der Waals surface area contributed by atoms with Crippen LogP contribution in [0.1, 0.15) is 39.0 Å². The third kappa shape index (κ3) is 3.56. The summed E-state index contributed by atoms with van der Waals surface area (Å²) in [5, 5.41) is 0. The Kier molecular flexibility index (Phi) is 4.51. The van der Waals surface area contributed by atoms with E-state index in [2.05, 4.69) is 37.3 Å². The van der Waals surface area contributed by atoms with E-state index in [9.17, 15) is 0 Å². The monoisotopic (exact) mass is 162 g/mol. The summed E-state index contributed by atoms with van der Waals surface area (Å²) in [7, 11) is 0. The highest BCUT2D eigenvalue weighted by atomic mass is 14.0. The third-order valence-electron chi connectivity index (χ3n) is 2.17. The minimum atomic E-state index is 1.15. The zero-order valence-corrected chi connectivity index (χ0v) is 7.92. The van der Waals surface area contributed by atoms with Gasteiger partial charge in [-0.15, -0.1) is 0 Å². The van der Waals surface area contributed by atoms with Crippen LogP contribution >= 0.6 is 0 Å². The van der Waals surface area contributed by atoms with Crippen LogP contribution in [0.25, 0.3) is 0 Å². The highest BCUT2D eigenvalue weighted by Crippen LogP contribution is 2.15. The van der Waals surface area contributed by atoms with Gasteiger partial charge in [-0.2, -0.15) is 0 Å². The second kappa shape index (κ2) is 5.82. The van der Waals surface area contributed by atoms with Crippen LogP contribution in [0.3, 0.4) is 0 Å². The van der Waals surface area contributed by atoms with Gasteiger partial charge in [-0.05, 0) is 19.3 Å². The first kappa shape index (κ1) is 9.31. The maximum absolute atomic E-state index is 2.26. The molecular formula is C12H18. The lowest BCUT2D eigenvalue weighted by molar-refractivity contribution is 0.707. The van der Waals surface area contributed by atoms with Crippen LogP contribution in [0.5, 0.6) is 0 Å². The molecule has 0 unspecified atom stereocenters. The first-order valence-corrected chi connectivity index (χ1v) is 4.94. The molecule has 0 heterocycles. The summed E-state index contributed by atoms with van der Waals surface area (Å²) < 4.78 is 0. The van der Waals surface area contributed by atoms with Gasteiger partial charge in [-0.25, -0.2) is 0 Å². The molecule has 0 aliphatic heterocycles. The molecule has 0 aromatic carbocycles. The van der Waals surface area contributed by atoms with Gasteiger partial charge < -0.3 is 0 Å². The van der Waals surface area contributed by atoms with Crippen molar-refractivity contribution < 1.29 is 0 Å². The molecule has 0 aromatic rings. The second-order valence-corrected chi connectivity index (χ2v) is 3.30. The summed E-state index contributed by atoms with van der Waals surface area (Å²) in [5.74, 6) is 0. The fourth-order valence-corrected chi connectivity index (χ4v) is 1.41. The topological polar surface area (TPSA) is 0 Å². The summed E-state index contributed by atoms with van der Waals surface area (Å²) in [4.78, 5) is 0. The second-order valence-electron chi connectivity index (χ2n) is 3.30. The summed E-state index contributed by atoms with van der Waals surface area (Å²) in [6, 6.07) is 0. The number of hydrogen-bond donors (Lipinski definition) is 0. The molecule has 0 fully saturated rings. The van der Waals surface area contributed by atoms with Crippen LogP contribution < -0.4 is 0 Å². The third-order valence-corrected chi connectivity index (χ3v) is 2.17. The first-order valence-electron chi connectivity index (χ1n) is 4.94. The van der Waals surface area contributed by atoms with Crippen LogP contribution in [0.2, 0.25) is 0 Å². The van der Waals surface area contributed by atoms with E-state index in [1.165, 1.54) is 25.7 Å². The molecule has 0 nitrogen and oxygen atoms in total. The number of unbranched alkanes of at least 4 members (excludes halogenated alkanes) is 2. The van der Waals surface area contributed by atoms with E-state index >= 15 is 0 Å². The van der Waals surface area contributed by atoms with E-state index in [0.29, 0.717) is 0 Å². The molecule has 0 bridgehead atoms. The molecular weight excluding hydrogens is 144 g/mol. The van der Waals surface area contributed by atoms with E-state index in [4.69, 9.17) is 0 Å². The van der Waals surface area contributed by atoms with Gasteiger partial charge in [0.1, 0.15) is 0 Å². The van der Waals surface area contributed by atoms with Gasteiger partial charge in [0, 0.05) is 0 Å². The molecule has 0 atom stereocenters. The van der Waals surface area contributed by atoms with Crippen LogP contribution in [-0.2, 0) is 0 Å². The number of rotatable bonds is 4. The van der Waals surface area contributed by atoms with Crippen molar-refractivity contribution in [3.05, 3.63) is 36.0 Å². The van der Waals surface area contributed by atoms with E-state index in [0.717, 1.165) is 6.42 Å². The Morgan fingerprint density at radius 1 is 1.17 bits per heavy atom. The molecule has 1 aliphatic carbocycles. The minimum absolute atomic E-state index is 1.15. The van der Waals surface area contributed by atoms with Crippen molar-refractivity contribution >= 4 is 0 Å². The zero-order valence-electron chi connectivity index (χ0n) is 7.92. The van der Waals surface area contributed by atoms with Gasteiger partial charge in [-0.1, -0.05) is 55.7 Å². The van der Waals surface area contributed by atoms with E-state index in [-0.39, 0.29) is 0 Å². The number of allylic oxidation sites excluding steroid dienone is 6. The molecule has 0 saturated heterocycles. The van der Waals surface area contributed by atoms with Crippen LogP contribution in [0.4, 0.5) is 0 Å². The average molecular weight is 162 g/mol. The fraction of sp³-hybridized carbons (Fsp3) is 0.500. The van der Waals surface area contributed by atoms with Gasteiger partial charge in [0.15, 0.2) is 0 Å². The standard InChI is InChI=1S/C12H18/c1-2-3-6-9-12-10-7-4-5-8-11-12/h4-5,7-8,10H,2-3,6,9,11H2,1H3. The Labute approximate surface area is 75.7 Å². The molecule has 0 aromatic heterocycles. The SMILES string of the molecule is CCCCCC1=CC=CC=CC1. The Balaban J connectivity index is 2.26. The summed E-state index contributed by atoms with van der Waals surface area (Å²) >= 11 is 0. The first-order chi connectivity index (χ1) is 5.93. The van der Waals surface area contributed by atoms with E-state index in [1.54, 1.807) is 5.57 Å². The van der Waals surface area contributed by atoms with Crippen LogP contribution in [-0.4, -0.2) is 0 Å². The quantitative estimate of drug-likeness (QED) is 0.548. The van der Waals surface area contributed by atoms with Gasteiger partial charge in [0.25, 0.3) is 0 Å². The highest BCUT2D eigenvalue weighted by molar-refractivity contribution is 5.23. The predicted octanol–water partition coefficient (Wildman–Crippen LogP) is 4.01. The lowest BCUT2D eigenvalue weighted by atomic mass is 10.0. The van der Waals surface area contributed by atoms with Crippen LogP contribution in [0, 0.1) is 0 Å². The molecule has 0 saturated carbocycles. The molecule has 12 heavy (non-hydrogen) atoms. The van der Waals surface area contributed by atoms with E-state index < -0.39 is 0 Å². The average Bonchev–Trinajstić information content (AvgIpc) is 2.33. The van der Waals surface area contributed by atoms with Crippen molar-refractivity contribution in [1.82, 2.24) is 0 Å². The minimum Gasteiger partial charge on any atom is -0.0805 e. The Hall–Kier alpha value is -0.780. The van der Waals surface area contributed by atoms with Crippen molar-refractivity contribution in [1.29, 1.82) is 0 Å². The molecule has 0 heteroatoms. The largest absolute Gasteiger partial charge is 0.0805 e. The maximum Gasteiger partial charge on any atom is -0.0133 e. The predicted molar refractivity (Wildman–Crippen MR) is 55.1 cm³/mol. The van der Waals surface area contributed by atoms with Crippen molar-refractivity contribution in [3.63, 3.8) is 0 Å². The van der Waals surface area contributed by atoms with Gasteiger partial charge in [0.2, 0.25) is 0 Å². The molecule has 0 N–H and O–H groups in total. The summed E-state index contributed by atoms with van der Waals surface area (Å²) in [5.41, 5.74) is 1.58. The zero-order chi connectivity index (χ0) is 8.65. The van der Waals surface area contributed by atoms with Gasteiger partial charge in [-0.3, -0.25) is 0 Å². The molecule has 1 aliphatic rings. The summed E-state index contributed by atoms with van der Waals surface area (Å²) in [6.45, 7) is 2.25.